The van der Waals surface area contributed by atoms with E-state index in [0.29, 0.717) is 18.4 Å². The van der Waals surface area contributed by atoms with E-state index in [-0.39, 0.29) is 35.6 Å². The zero-order chi connectivity index (χ0) is 23.9. The van der Waals surface area contributed by atoms with Crippen LogP contribution in [0.4, 0.5) is 5.69 Å². The normalized spacial score (nSPS) is 16.0. The van der Waals surface area contributed by atoms with Gasteiger partial charge < -0.3 is 5.32 Å². The third-order valence-electron chi connectivity index (χ3n) is 6.79. The number of carbonyl (C=O) groups is 2. The first-order valence-electron chi connectivity index (χ1n) is 11.5. The van der Waals surface area contributed by atoms with E-state index < -0.39 is 10.0 Å². The summed E-state index contributed by atoms with van der Waals surface area (Å²) in [4.78, 5) is 24.5. The summed E-state index contributed by atoms with van der Waals surface area (Å²) in [6.07, 6.45) is 1.83. The van der Waals surface area contributed by atoms with Crippen molar-refractivity contribution < 1.29 is 18.0 Å². The lowest BCUT2D eigenvalue weighted by Gasteiger charge is -2.30. The Kier molecular flexibility index (Phi) is 5.83. The molecule has 2 aliphatic rings. The van der Waals surface area contributed by atoms with Crippen LogP contribution >= 0.6 is 0 Å². The first kappa shape index (κ1) is 22.5. The van der Waals surface area contributed by atoms with Crippen molar-refractivity contribution >= 4 is 27.4 Å². The molecule has 1 saturated heterocycles. The average molecular weight is 475 g/mol. The van der Waals surface area contributed by atoms with E-state index in [0.717, 1.165) is 17.7 Å². The molecule has 1 amide bonds. The molecule has 0 aromatic heterocycles. The monoisotopic (exact) mass is 474 g/mol. The number of benzene rings is 3. The highest BCUT2D eigenvalue weighted by atomic mass is 32.2. The van der Waals surface area contributed by atoms with E-state index in [1.54, 1.807) is 0 Å². The van der Waals surface area contributed by atoms with Gasteiger partial charge in [-0.2, -0.15) is 4.31 Å². The first-order valence-corrected chi connectivity index (χ1v) is 12.9. The smallest absolute Gasteiger partial charge is 0.243 e. The van der Waals surface area contributed by atoms with E-state index in [1.165, 1.54) is 52.2 Å². The topological polar surface area (TPSA) is 83.6 Å². The zero-order valence-corrected chi connectivity index (χ0v) is 19.8. The Morgan fingerprint density at radius 3 is 2.26 bits per heavy atom. The first-order chi connectivity index (χ1) is 16.3. The molecule has 6 nitrogen and oxygen atoms in total. The molecule has 5 rings (SSSR count). The second-order valence-electron chi connectivity index (χ2n) is 8.95. The van der Waals surface area contributed by atoms with Crippen molar-refractivity contribution in [2.75, 3.05) is 18.4 Å². The Morgan fingerprint density at radius 2 is 1.56 bits per heavy atom. The van der Waals surface area contributed by atoms with E-state index in [9.17, 15) is 18.0 Å². The molecule has 1 fully saturated rings. The number of nitrogens with zero attached hydrogens (tertiary/aromatic N) is 1. The van der Waals surface area contributed by atoms with Crippen molar-refractivity contribution in [3.63, 3.8) is 0 Å². The number of fused-ring (bicyclic) bond motifs is 3. The molecular formula is C27H26N2O4S. The molecule has 7 heteroatoms. The summed E-state index contributed by atoms with van der Waals surface area (Å²) in [7, 11) is -3.66. The molecule has 1 aliphatic carbocycles. The molecule has 0 spiro atoms. The van der Waals surface area contributed by atoms with Crippen molar-refractivity contribution in [3.05, 3.63) is 83.4 Å². The molecule has 3 aromatic rings. The summed E-state index contributed by atoms with van der Waals surface area (Å²) < 4.78 is 27.4. The lowest BCUT2D eigenvalue weighted by molar-refractivity contribution is -0.120. The van der Waals surface area contributed by atoms with Gasteiger partial charge in [0, 0.05) is 30.3 Å². The summed E-state index contributed by atoms with van der Waals surface area (Å²) in [5.41, 5.74) is 6.17. The van der Waals surface area contributed by atoms with E-state index in [1.807, 2.05) is 24.3 Å². The Balaban J connectivity index is 1.23. The van der Waals surface area contributed by atoms with Crippen molar-refractivity contribution in [3.8, 4) is 11.1 Å². The predicted octanol–water partition coefficient (Wildman–Crippen LogP) is 4.50. The van der Waals surface area contributed by atoms with Gasteiger partial charge in [-0.3, -0.25) is 9.59 Å². The van der Waals surface area contributed by atoms with Crippen molar-refractivity contribution in [2.45, 2.75) is 31.1 Å². The minimum Gasteiger partial charge on any atom is -0.326 e. The minimum absolute atomic E-state index is 0.0749. The maximum absolute atomic E-state index is 13.0. The van der Waals surface area contributed by atoms with E-state index >= 15 is 0 Å². The van der Waals surface area contributed by atoms with Gasteiger partial charge >= 0.3 is 0 Å². The molecule has 174 valence electrons. The number of anilines is 1. The van der Waals surface area contributed by atoms with Crippen LogP contribution in [0.3, 0.4) is 0 Å². The molecule has 1 heterocycles. The van der Waals surface area contributed by atoms with Crippen LogP contribution in [-0.4, -0.2) is 37.5 Å². The van der Waals surface area contributed by atoms with Crippen LogP contribution in [0, 0.1) is 5.92 Å². The van der Waals surface area contributed by atoms with Gasteiger partial charge in [0.15, 0.2) is 5.78 Å². The highest BCUT2D eigenvalue weighted by Gasteiger charge is 2.32. The van der Waals surface area contributed by atoms with Crippen LogP contribution in [0.2, 0.25) is 0 Å². The summed E-state index contributed by atoms with van der Waals surface area (Å²) in [6.45, 7) is 2.01. The second-order valence-corrected chi connectivity index (χ2v) is 10.9. The third-order valence-corrected chi connectivity index (χ3v) is 8.70. The van der Waals surface area contributed by atoms with Gasteiger partial charge in [-0.15, -0.1) is 0 Å². The fraction of sp³-hybridized carbons (Fsp3) is 0.259. The maximum atomic E-state index is 13.0. The van der Waals surface area contributed by atoms with Crippen molar-refractivity contribution in [2.24, 2.45) is 5.92 Å². The Bertz CT molecular complexity index is 1370. The third kappa shape index (κ3) is 4.17. The highest BCUT2D eigenvalue weighted by molar-refractivity contribution is 7.89. The lowest BCUT2D eigenvalue weighted by atomic mass is 9.97. The van der Waals surface area contributed by atoms with Crippen LogP contribution in [-0.2, 0) is 21.2 Å². The summed E-state index contributed by atoms with van der Waals surface area (Å²) >= 11 is 0. The molecule has 34 heavy (non-hydrogen) atoms. The number of hydrogen-bond donors (Lipinski definition) is 1. The quantitative estimate of drug-likeness (QED) is 0.432. The van der Waals surface area contributed by atoms with Gasteiger partial charge in [-0.1, -0.05) is 42.5 Å². The second kappa shape index (κ2) is 8.81. The number of ketones is 1. The fourth-order valence-corrected chi connectivity index (χ4v) is 6.28. The number of amides is 1. The maximum Gasteiger partial charge on any atom is 0.243 e. The number of Topliss-reactive ketones (excluding diaryl/α,β-unsaturated/α-hetero) is 1. The number of sulfonamides is 1. The van der Waals surface area contributed by atoms with Gasteiger partial charge in [-0.25, -0.2) is 8.42 Å². The lowest BCUT2D eigenvalue weighted by Crippen LogP contribution is -2.41. The van der Waals surface area contributed by atoms with E-state index in [2.05, 4.69) is 23.5 Å². The molecule has 0 atom stereocenters. The summed E-state index contributed by atoms with van der Waals surface area (Å²) in [5, 5.41) is 3.04. The number of nitrogens with one attached hydrogen (secondary N) is 1. The van der Waals surface area contributed by atoms with Gasteiger partial charge in [-0.05, 0) is 72.7 Å². The fourth-order valence-electron chi connectivity index (χ4n) is 4.81. The molecule has 0 unspecified atom stereocenters. The average Bonchev–Trinajstić information content (AvgIpc) is 3.22. The van der Waals surface area contributed by atoms with Gasteiger partial charge in [0.25, 0.3) is 0 Å². The molecule has 0 bridgehead atoms. The Hall–Kier alpha value is -3.29. The van der Waals surface area contributed by atoms with Crippen LogP contribution in [0.5, 0.6) is 0 Å². The molecule has 1 aliphatic heterocycles. The largest absolute Gasteiger partial charge is 0.326 e. The Labute approximate surface area is 199 Å². The van der Waals surface area contributed by atoms with E-state index in [4.69, 9.17) is 0 Å². The zero-order valence-electron chi connectivity index (χ0n) is 19.0. The molecule has 0 radical (unpaired) electrons. The van der Waals surface area contributed by atoms with Crippen LogP contribution in [0.25, 0.3) is 11.1 Å². The molecule has 0 saturated carbocycles. The standard InChI is InChI=1S/C27H26N2O4S/c1-18(30)19-7-10-24(11-8-19)34(32,33)29-14-12-20(13-15-29)27(31)28-23-9-6-22-16-21-4-2-3-5-25(21)26(22)17-23/h2-11,17,20H,12-16H2,1H3,(H,28,31). The minimum atomic E-state index is -3.66. The van der Waals surface area contributed by atoms with Crippen LogP contribution in [0.15, 0.2) is 71.6 Å². The highest BCUT2D eigenvalue weighted by Crippen LogP contribution is 2.38. The van der Waals surface area contributed by atoms with Gasteiger partial charge in [0.2, 0.25) is 15.9 Å². The van der Waals surface area contributed by atoms with Gasteiger partial charge in [0.05, 0.1) is 4.90 Å². The van der Waals surface area contributed by atoms with Gasteiger partial charge in [0.1, 0.15) is 0 Å². The predicted molar refractivity (Wildman–Crippen MR) is 131 cm³/mol. The number of hydrogen-bond acceptors (Lipinski definition) is 4. The van der Waals surface area contributed by atoms with Crippen molar-refractivity contribution in [1.29, 1.82) is 0 Å². The molecule has 3 aromatic carbocycles. The van der Waals surface area contributed by atoms with Crippen LogP contribution in [0.1, 0.15) is 41.3 Å². The Morgan fingerprint density at radius 1 is 0.882 bits per heavy atom. The molecule has 1 N–H and O–H groups in total. The van der Waals surface area contributed by atoms with Crippen molar-refractivity contribution in [1.82, 2.24) is 4.31 Å². The number of rotatable bonds is 5. The van der Waals surface area contributed by atoms with Crippen LogP contribution < -0.4 is 5.32 Å². The summed E-state index contributed by atoms with van der Waals surface area (Å²) in [6, 6.07) is 20.3. The summed E-state index contributed by atoms with van der Waals surface area (Å²) in [5.74, 6) is -0.426. The number of piperidine rings is 1. The molecular weight excluding hydrogens is 448 g/mol. The number of carbonyl (C=O) groups excluding carboxylic acids is 2. The SMILES string of the molecule is CC(=O)c1ccc(S(=O)(=O)N2CCC(C(=O)Nc3ccc4c(c3)-c3ccccc3C4)CC2)cc1.